The van der Waals surface area contributed by atoms with Gasteiger partial charge < -0.3 is 14.0 Å². The maximum absolute atomic E-state index is 5.61. The van der Waals surface area contributed by atoms with Crippen LogP contribution in [0.3, 0.4) is 0 Å². The van der Waals surface area contributed by atoms with E-state index < -0.39 is 0 Å². The van der Waals surface area contributed by atoms with Crippen molar-refractivity contribution in [3.63, 3.8) is 0 Å². The van der Waals surface area contributed by atoms with E-state index in [1.165, 1.54) is 11.3 Å². The van der Waals surface area contributed by atoms with Crippen LogP contribution in [0.25, 0.3) is 33.1 Å². The maximum Gasteiger partial charge on any atom is 0.130 e. The second-order valence-corrected chi connectivity index (χ2v) is 8.43. The molecule has 31 heavy (non-hydrogen) atoms. The number of ether oxygens (including phenoxy) is 2. The van der Waals surface area contributed by atoms with E-state index >= 15 is 0 Å². The average Bonchev–Trinajstić information content (AvgIpc) is 3.13. The third-order valence-electron chi connectivity index (χ3n) is 5.67. The molecular formula is C26H31N3O2. The Bertz CT molecular complexity index is 1210. The zero-order valence-electron chi connectivity index (χ0n) is 19.1. The largest absolute Gasteiger partial charge is 0.497 e. The molecule has 0 bridgehead atoms. The second kappa shape index (κ2) is 8.96. The molecule has 4 rings (SSSR count). The number of fused-ring (bicyclic) bond motifs is 3. The summed E-state index contributed by atoms with van der Waals surface area (Å²) >= 11 is 0. The molecule has 0 unspecified atom stereocenters. The van der Waals surface area contributed by atoms with Crippen molar-refractivity contribution < 1.29 is 9.47 Å². The Labute approximate surface area is 184 Å². The molecule has 5 heteroatoms. The van der Waals surface area contributed by atoms with E-state index in [1.807, 2.05) is 24.4 Å². The van der Waals surface area contributed by atoms with Crippen LogP contribution in [0, 0.1) is 5.92 Å². The Morgan fingerprint density at radius 1 is 1.00 bits per heavy atom. The summed E-state index contributed by atoms with van der Waals surface area (Å²) in [5.74, 6) is 3.27. The van der Waals surface area contributed by atoms with E-state index in [1.54, 1.807) is 14.2 Å². The minimum absolute atomic E-state index is 0.545. The zero-order chi connectivity index (χ0) is 22.0. The third-order valence-corrected chi connectivity index (χ3v) is 5.67. The van der Waals surface area contributed by atoms with E-state index in [0.29, 0.717) is 5.92 Å². The summed E-state index contributed by atoms with van der Waals surface area (Å²) in [5, 5.41) is 1.14. The van der Waals surface area contributed by atoms with Crippen molar-refractivity contribution >= 4 is 21.9 Å². The number of nitrogens with zero attached hydrogens (tertiary/aromatic N) is 3. The van der Waals surface area contributed by atoms with Crippen LogP contribution in [0.1, 0.15) is 39.4 Å². The van der Waals surface area contributed by atoms with Crippen molar-refractivity contribution in [1.29, 1.82) is 0 Å². The van der Waals surface area contributed by atoms with Crippen LogP contribution in [0.2, 0.25) is 0 Å². The van der Waals surface area contributed by atoms with Gasteiger partial charge in [-0.1, -0.05) is 39.3 Å². The molecule has 0 fully saturated rings. The van der Waals surface area contributed by atoms with Crippen LogP contribution >= 0.6 is 0 Å². The molecule has 0 saturated carbocycles. The molecule has 0 atom stereocenters. The van der Waals surface area contributed by atoms with Gasteiger partial charge in [0.2, 0.25) is 0 Å². The molecule has 0 saturated heterocycles. The minimum Gasteiger partial charge on any atom is -0.497 e. The molecular weight excluding hydrogens is 386 g/mol. The average molecular weight is 418 g/mol. The number of imidazole rings is 1. The first-order valence-corrected chi connectivity index (χ1v) is 11.1. The number of aryl methyl sites for hydroxylation is 1. The van der Waals surface area contributed by atoms with Crippen molar-refractivity contribution in [2.45, 2.75) is 46.6 Å². The summed E-state index contributed by atoms with van der Waals surface area (Å²) in [4.78, 5) is 9.70. The summed E-state index contributed by atoms with van der Waals surface area (Å²) in [6.07, 6.45) is 5.23. The van der Waals surface area contributed by atoms with Crippen LogP contribution in [0.5, 0.6) is 11.5 Å². The Morgan fingerprint density at radius 3 is 2.55 bits per heavy atom. The van der Waals surface area contributed by atoms with Gasteiger partial charge in [0.1, 0.15) is 22.8 Å². The summed E-state index contributed by atoms with van der Waals surface area (Å²) in [7, 11) is 3.35. The predicted molar refractivity (Wildman–Crippen MR) is 127 cm³/mol. The maximum atomic E-state index is 5.61. The molecule has 0 aliphatic heterocycles. The highest BCUT2D eigenvalue weighted by Gasteiger charge is 2.16. The topological polar surface area (TPSA) is 49.2 Å². The highest BCUT2D eigenvalue weighted by atomic mass is 16.5. The first-order chi connectivity index (χ1) is 15.0. The number of hydrogen-bond donors (Lipinski definition) is 0. The summed E-state index contributed by atoms with van der Waals surface area (Å²) in [6.45, 7) is 7.70. The molecule has 0 aliphatic rings. The van der Waals surface area contributed by atoms with Crippen LogP contribution in [-0.2, 0) is 13.0 Å². The molecule has 162 valence electrons. The van der Waals surface area contributed by atoms with Gasteiger partial charge in [-0.25, -0.2) is 4.98 Å². The lowest BCUT2D eigenvalue weighted by Crippen LogP contribution is -2.09. The lowest BCUT2D eigenvalue weighted by Gasteiger charge is -2.14. The van der Waals surface area contributed by atoms with Crippen molar-refractivity contribution in [1.82, 2.24) is 14.5 Å². The first-order valence-electron chi connectivity index (χ1n) is 11.1. The molecule has 0 radical (unpaired) electrons. The Balaban J connectivity index is 1.87. The van der Waals surface area contributed by atoms with Gasteiger partial charge in [-0.15, -0.1) is 0 Å². The van der Waals surface area contributed by atoms with Gasteiger partial charge in [-0.05, 0) is 36.1 Å². The van der Waals surface area contributed by atoms with E-state index in [2.05, 4.69) is 43.5 Å². The Morgan fingerprint density at radius 2 is 1.84 bits per heavy atom. The number of pyridine rings is 1. The molecule has 4 aromatic rings. The molecule has 2 aromatic heterocycles. The summed E-state index contributed by atoms with van der Waals surface area (Å²) in [6, 6.07) is 12.4. The number of hydrogen-bond acceptors (Lipinski definition) is 4. The van der Waals surface area contributed by atoms with E-state index in [9.17, 15) is 0 Å². The summed E-state index contributed by atoms with van der Waals surface area (Å²) in [5.41, 5.74) is 5.23. The standard InChI is InChI=1S/C26H31N3O2/c1-6-7-8-25-28-23-15-27-22-13-18(20-12-10-19(30-4)14-24(20)31-5)9-11-21(22)26(23)29(25)16-17(2)3/h9-15,17H,6-8,16H2,1-5H3. The molecule has 5 nitrogen and oxygen atoms in total. The molecule has 0 amide bonds. The van der Waals surface area contributed by atoms with Crippen molar-refractivity contribution in [2.75, 3.05) is 14.2 Å². The van der Waals surface area contributed by atoms with Gasteiger partial charge in [0.05, 0.1) is 31.4 Å². The van der Waals surface area contributed by atoms with Gasteiger partial charge in [0.25, 0.3) is 0 Å². The van der Waals surface area contributed by atoms with Crippen LogP contribution in [-0.4, -0.2) is 28.8 Å². The van der Waals surface area contributed by atoms with E-state index in [4.69, 9.17) is 19.4 Å². The van der Waals surface area contributed by atoms with Gasteiger partial charge in [0, 0.05) is 30.0 Å². The van der Waals surface area contributed by atoms with Crippen LogP contribution < -0.4 is 9.47 Å². The van der Waals surface area contributed by atoms with Crippen LogP contribution in [0.4, 0.5) is 0 Å². The zero-order valence-corrected chi connectivity index (χ0v) is 19.1. The quantitative estimate of drug-likeness (QED) is 0.339. The fraction of sp³-hybridized carbons (Fsp3) is 0.385. The smallest absolute Gasteiger partial charge is 0.130 e. The van der Waals surface area contributed by atoms with Gasteiger partial charge in [-0.3, -0.25) is 4.98 Å². The van der Waals surface area contributed by atoms with Gasteiger partial charge in [0.15, 0.2) is 0 Å². The number of unbranched alkanes of at least 4 members (excludes halogenated alkanes) is 1. The Hall–Kier alpha value is -3.08. The lowest BCUT2D eigenvalue weighted by molar-refractivity contribution is 0.395. The SMILES string of the molecule is CCCCc1nc2cnc3cc(-c4ccc(OC)cc4OC)ccc3c2n1CC(C)C. The van der Waals surface area contributed by atoms with Crippen LogP contribution in [0.15, 0.2) is 42.6 Å². The number of benzene rings is 2. The number of aromatic nitrogens is 3. The first kappa shape index (κ1) is 21.2. The van der Waals surface area contributed by atoms with Gasteiger partial charge in [-0.2, -0.15) is 0 Å². The normalized spacial score (nSPS) is 11.5. The third kappa shape index (κ3) is 4.09. The number of rotatable bonds is 8. The molecule has 0 N–H and O–H groups in total. The van der Waals surface area contributed by atoms with Crippen molar-refractivity contribution in [2.24, 2.45) is 5.92 Å². The number of methoxy groups -OCH3 is 2. The molecule has 2 aromatic carbocycles. The van der Waals surface area contributed by atoms with E-state index in [-0.39, 0.29) is 0 Å². The van der Waals surface area contributed by atoms with Crippen molar-refractivity contribution in [3.8, 4) is 22.6 Å². The fourth-order valence-electron chi connectivity index (χ4n) is 4.15. The highest BCUT2D eigenvalue weighted by molar-refractivity contribution is 6.03. The predicted octanol–water partition coefficient (Wildman–Crippen LogP) is 6.27. The lowest BCUT2D eigenvalue weighted by atomic mass is 10.0. The van der Waals surface area contributed by atoms with Crippen molar-refractivity contribution in [3.05, 3.63) is 48.4 Å². The minimum atomic E-state index is 0.545. The Kier molecular flexibility index (Phi) is 6.12. The highest BCUT2D eigenvalue weighted by Crippen LogP contribution is 2.36. The monoisotopic (exact) mass is 417 g/mol. The molecule has 0 spiro atoms. The molecule has 2 heterocycles. The molecule has 0 aliphatic carbocycles. The fourth-order valence-corrected chi connectivity index (χ4v) is 4.15. The second-order valence-electron chi connectivity index (χ2n) is 8.43. The van der Waals surface area contributed by atoms with E-state index in [0.717, 1.165) is 64.9 Å². The summed E-state index contributed by atoms with van der Waals surface area (Å²) < 4.78 is 13.4. The van der Waals surface area contributed by atoms with Gasteiger partial charge >= 0.3 is 0 Å².